The number of carbonyl (C=O) groups excluding carboxylic acids is 2. The molecule has 0 atom stereocenters. The summed E-state index contributed by atoms with van der Waals surface area (Å²) in [6.45, 7) is 21.3. The Labute approximate surface area is 280 Å². The molecule has 0 saturated carbocycles. The minimum atomic E-state index is -0.909. The maximum absolute atomic E-state index is 13.6. The number of rotatable bonds is 11. The van der Waals surface area contributed by atoms with Gasteiger partial charge in [0.25, 0.3) is 0 Å². The lowest BCUT2D eigenvalue weighted by Crippen LogP contribution is -2.20. The fraction of sp³-hybridized carbons (Fsp3) is 0.463. The number of fused-ring (bicyclic) bond motifs is 8. The number of aromatic nitrogens is 4. The average Bonchev–Trinajstić information content (AvgIpc) is 3.81. The zero-order chi connectivity index (χ0) is 34.2. The fourth-order valence-corrected chi connectivity index (χ4v) is 8.20. The van der Waals surface area contributed by atoms with Gasteiger partial charge < -0.3 is 9.55 Å². The van der Waals surface area contributed by atoms with Crippen molar-refractivity contribution in [3.05, 3.63) is 69.3 Å². The number of ketones is 2. The van der Waals surface area contributed by atoms with Crippen LogP contribution in [0.15, 0.2) is 24.3 Å². The molecule has 2 aliphatic heterocycles. The van der Waals surface area contributed by atoms with Crippen molar-refractivity contribution in [2.24, 2.45) is 0 Å². The van der Waals surface area contributed by atoms with E-state index in [1.54, 1.807) is 13.8 Å². The predicted octanol–water partition coefficient (Wildman–Crippen LogP) is 10.2. The van der Waals surface area contributed by atoms with Gasteiger partial charge in [0.2, 0.25) is 0 Å². The van der Waals surface area contributed by atoms with E-state index in [0.29, 0.717) is 6.54 Å². The van der Waals surface area contributed by atoms with Gasteiger partial charge in [0.05, 0.1) is 28.3 Å². The molecular formula is C41H52N4O2. The van der Waals surface area contributed by atoms with Crippen molar-refractivity contribution in [3.63, 3.8) is 0 Å². The van der Waals surface area contributed by atoms with Gasteiger partial charge in [0.15, 0.2) is 0 Å². The minimum absolute atomic E-state index is 0.145. The summed E-state index contributed by atoms with van der Waals surface area (Å²) in [6.07, 6.45) is 5.71. The number of allylic oxidation sites excluding steroid dienone is 4. The Hall–Kier alpha value is -4.06. The number of carbonyl (C=O) groups is 2. The smallest absolute Gasteiger partial charge is 0.144 e. The monoisotopic (exact) mass is 632 g/mol. The summed E-state index contributed by atoms with van der Waals surface area (Å²) in [7, 11) is 0. The molecule has 0 aromatic carbocycles. The molecule has 0 radical (unpaired) electrons. The van der Waals surface area contributed by atoms with Gasteiger partial charge in [-0.25, -0.2) is 9.97 Å². The van der Waals surface area contributed by atoms with Crippen molar-refractivity contribution in [2.75, 3.05) is 0 Å². The molecule has 0 spiro atoms. The first-order valence-electron chi connectivity index (χ1n) is 17.9. The van der Waals surface area contributed by atoms with Crippen LogP contribution in [0.5, 0.6) is 0 Å². The summed E-state index contributed by atoms with van der Waals surface area (Å²) in [5.74, 6) is -1.20. The Morgan fingerprint density at radius 2 is 1.15 bits per heavy atom. The summed E-state index contributed by atoms with van der Waals surface area (Å²) >= 11 is 0. The van der Waals surface area contributed by atoms with Gasteiger partial charge in [-0.05, 0) is 123 Å². The Bertz CT molecular complexity index is 1970. The van der Waals surface area contributed by atoms with E-state index in [2.05, 4.69) is 89.2 Å². The van der Waals surface area contributed by atoms with Crippen LogP contribution < -0.4 is 0 Å². The number of hydrogen-bond acceptors (Lipinski definition) is 4. The second kappa shape index (κ2) is 14.0. The van der Waals surface area contributed by atoms with E-state index in [9.17, 15) is 9.59 Å². The van der Waals surface area contributed by atoms with Crippen LogP contribution in [-0.2, 0) is 35.4 Å². The van der Waals surface area contributed by atoms with Crippen LogP contribution in [0.4, 0.5) is 0 Å². The zero-order valence-corrected chi connectivity index (χ0v) is 30.2. The van der Waals surface area contributed by atoms with E-state index in [4.69, 9.17) is 9.97 Å². The highest BCUT2D eigenvalue weighted by Gasteiger charge is 2.34. The van der Waals surface area contributed by atoms with Crippen molar-refractivity contribution >= 4 is 55.9 Å². The molecule has 0 saturated heterocycles. The largest absolute Gasteiger partial charge is 0.355 e. The van der Waals surface area contributed by atoms with Crippen molar-refractivity contribution < 1.29 is 9.59 Å². The topological polar surface area (TPSA) is 80.6 Å². The number of hydrogen-bond donors (Lipinski definition) is 1. The Morgan fingerprint density at radius 3 is 1.66 bits per heavy atom. The second-order valence-electron chi connectivity index (χ2n) is 12.7. The molecule has 1 N–H and O–H groups in total. The highest BCUT2D eigenvalue weighted by Crippen LogP contribution is 2.45. The average molecular weight is 633 g/mol. The lowest BCUT2D eigenvalue weighted by atomic mass is 9.85. The molecule has 6 nitrogen and oxygen atoms in total. The number of Topliss-reactive ketones (excluding diaryl/α,β-unsaturated/α-hetero) is 2. The molecule has 0 fully saturated rings. The molecule has 5 rings (SSSR count). The predicted molar refractivity (Wildman–Crippen MR) is 197 cm³/mol. The Balaban J connectivity index is 2.23. The highest BCUT2D eigenvalue weighted by atomic mass is 16.1. The number of nitrogens with zero attached hydrogens (tertiary/aromatic N) is 3. The summed E-state index contributed by atoms with van der Waals surface area (Å²) in [6, 6.07) is 8.69. The molecule has 3 aromatic rings. The van der Waals surface area contributed by atoms with Gasteiger partial charge in [-0.1, -0.05) is 48.5 Å². The quantitative estimate of drug-likeness (QED) is 0.213. The van der Waals surface area contributed by atoms with Crippen LogP contribution in [-0.4, -0.2) is 31.1 Å². The van der Waals surface area contributed by atoms with Gasteiger partial charge in [0, 0.05) is 34.2 Å². The Morgan fingerprint density at radius 1 is 0.638 bits per heavy atom. The molecule has 5 heterocycles. The third-order valence-corrected chi connectivity index (χ3v) is 10.2. The molecule has 8 bridgehead atoms. The first-order valence-corrected chi connectivity index (χ1v) is 17.9. The van der Waals surface area contributed by atoms with Crippen molar-refractivity contribution in [1.82, 2.24) is 19.5 Å². The van der Waals surface area contributed by atoms with Crippen LogP contribution >= 0.6 is 0 Å². The van der Waals surface area contributed by atoms with Gasteiger partial charge in [0.1, 0.15) is 17.5 Å². The molecule has 248 valence electrons. The van der Waals surface area contributed by atoms with E-state index < -0.39 is 5.92 Å². The van der Waals surface area contributed by atoms with Crippen molar-refractivity contribution in [2.45, 2.75) is 127 Å². The standard InChI is InChI=1S/C41H52N4O2/c1-11-27-29(13-3)38-33(17-7)39-30(14-4)31(15-5)40(44-39)37(36(23(9)46)24(10)47)41-32(16-6)28(12-2)35(45(41)18-8)22-26-20-19-25(42-26)21-34(27)43-38/h19-22,36,42H,11-18H2,1-10H3. The molecular weight excluding hydrogens is 580 g/mol. The van der Waals surface area contributed by atoms with Gasteiger partial charge >= 0.3 is 0 Å². The number of nitrogens with one attached hydrogen (secondary N) is 1. The molecule has 3 aromatic heterocycles. The minimum Gasteiger partial charge on any atom is -0.355 e. The van der Waals surface area contributed by atoms with E-state index in [1.165, 1.54) is 27.8 Å². The fourth-order valence-electron chi connectivity index (χ4n) is 8.20. The Kier molecular flexibility index (Phi) is 10.2. The van der Waals surface area contributed by atoms with Gasteiger partial charge in [-0.2, -0.15) is 0 Å². The normalized spacial score (nSPS) is 13.3. The van der Waals surface area contributed by atoms with Crippen LogP contribution in [0.3, 0.4) is 0 Å². The van der Waals surface area contributed by atoms with Gasteiger partial charge in [-0.15, -0.1) is 0 Å². The first-order chi connectivity index (χ1) is 22.6. The van der Waals surface area contributed by atoms with E-state index >= 15 is 0 Å². The third-order valence-electron chi connectivity index (χ3n) is 10.2. The lowest BCUT2D eigenvalue weighted by Gasteiger charge is -2.18. The summed E-state index contributed by atoms with van der Waals surface area (Å²) in [5, 5.41) is 0. The summed E-state index contributed by atoms with van der Waals surface area (Å²) in [5.41, 5.74) is 17.2. The molecule has 47 heavy (non-hydrogen) atoms. The number of H-pyrrole nitrogens is 1. The van der Waals surface area contributed by atoms with E-state index in [0.717, 1.165) is 106 Å². The van der Waals surface area contributed by atoms with Crippen molar-refractivity contribution in [1.29, 1.82) is 0 Å². The van der Waals surface area contributed by atoms with E-state index in [1.807, 2.05) is 0 Å². The van der Waals surface area contributed by atoms with E-state index in [-0.39, 0.29) is 11.6 Å². The SMILES string of the molecule is CCC1=C(CC)c2nc1cc1ccc(cc3c(CC)c(CC)c(c(C(C(C)=O)C(C)=O)c4nc(c2CC)C(CC)=C4CC)n3CC)[nH]1. The number of aryl methyl sites for hydroxylation is 3. The lowest BCUT2D eigenvalue weighted by molar-refractivity contribution is -0.126. The maximum atomic E-state index is 13.6. The second-order valence-corrected chi connectivity index (χ2v) is 12.7. The molecule has 0 aliphatic carbocycles. The third kappa shape index (κ3) is 5.64. The number of aromatic amines is 1. The molecule has 6 heteroatoms. The van der Waals surface area contributed by atoms with Crippen LogP contribution in [0.25, 0.3) is 44.4 Å². The summed E-state index contributed by atoms with van der Waals surface area (Å²) < 4.78 is 2.33. The molecule has 0 unspecified atom stereocenters. The van der Waals surface area contributed by atoms with Crippen LogP contribution in [0.1, 0.15) is 146 Å². The maximum Gasteiger partial charge on any atom is 0.144 e. The molecule has 0 amide bonds. The van der Waals surface area contributed by atoms with Crippen molar-refractivity contribution in [3.8, 4) is 0 Å². The first kappa shape index (κ1) is 34.3. The van der Waals surface area contributed by atoms with Crippen LogP contribution in [0, 0.1) is 0 Å². The zero-order valence-electron chi connectivity index (χ0n) is 30.2. The highest BCUT2D eigenvalue weighted by molar-refractivity contribution is 6.10. The van der Waals surface area contributed by atoms with Gasteiger partial charge in [-0.3, -0.25) is 9.59 Å². The van der Waals surface area contributed by atoms with Crippen LogP contribution in [0.2, 0.25) is 0 Å². The molecule has 2 aliphatic rings. The summed E-state index contributed by atoms with van der Waals surface area (Å²) in [4.78, 5) is 41.8.